The minimum Gasteiger partial charge on any atom is -0.455 e. The Balaban J connectivity index is 1.48. The van der Waals surface area contributed by atoms with Crippen LogP contribution in [0.25, 0.3) is 55.6 Å². The van der Waals surface area contributed by atoms with Gasteiger partial charge in [0, 0.05) is 21.9 Å². The molecular formula is C31H27NO2. The molecule has 3 nitrogen and oxygen atoms in total. The van der Waals surface area contributed by atoms with Crippen molar-refractivity contribution in [3.63, 3.8) is 0 Å². The number of furan rings is 1. The molecular weight excluding hydrogens is 418 g/mol. The highest BCUT2D eigenvalue weighted by Crippen LogP contribution is 2.38. The number of aromatic nitrogens is 1. The number of hydrogen-bond donors (Lipinski definition) is 0. The summed E-state index contributed by atoms with van der Waals surface area (Å²) < 4.78 is 12.4. The number of aryl methyl sites for hydroxylation is 2. The van der Waals surface area contributed by atoms with E-state index in [2.05, 4.69) is 73.4 Å². The van der Waals surface area contributed by atoms with E-state index in [0.717, 1.165) is 64.6 Å². The van der Waals surface area contributed by atoms with E-state index in [1.54, 1.807) is 0 Å². The van der Waals surface area contributed by atoms with E-state index < -0.39 is 0 Å². The van der Waals surface area contributed by atoms with Gasteiger partial charge in [0.15, 0.2) is 5.58 Å². The molecule has 0 bridgehead atoms. The number of benzene rings is 4. The van der Waals surface area contributed by atoms with Crippen LogP contribution in [0.3, 0.4) is 0 Å². The van der Waals surface area contributed by atoms with Gasteiger partial charge in [0.05, 0.1) is 0 Å². The number of hydrogen-bond acceptors (Lipinski definition) is 3. The van der Waals surface area contributed by atoms with E-state index in [0.29, 0.717) is 5.89 Å². The molecule has 0 N–H and O–H groups in total. The Morgan fingerprint density at radius 2 is 1.38 bits per heavy atom. The summed E-state index contributed by atoms with van der Waals surface area (Å²) in [5.74, 6) is 0.643. The number of para-hydroxylation sites is 2. The molecule has 6 rings (SSSR count). The lowest BCUT2D eigenvalue weighted by atomic mass is 9.96. The monoisotopic (exact) mass is 445 g/mol. The van der Waals surface area contributed by atoms with Gasteiger partial charge in [0.25, 0.3) is 0 Å². The first-order valence-electron chi connectivity index (χ1n) is 12.2. The second-order valence-corrected chi connectivity index (χ2v) is 9.02. The van der Waals surface area contributed by atoms with Crippen molar-refractivity contribution >= 4 is 33.0 Å². The fourth-order valence-corrected chi connectivity index (χ4v) is 4.86. The van der Waals surface area contributed by atoms with E-state index in [-0.39, 0.29) is 0 Å². The van der Waals surface area contributed by atoms with Gasteiger partial charge in [-0.2, -0.15) is 0 Å². The largest absolute Gasteiger partial charge is 0.455 e. The van der Waals surface area contributed by atoms with E-state index in [1.807, 2.05) is 24.3 Å². The highest BCUT2D eigenvalue weighted by Gasteiger charge is 2.15. The highest BCUT2D eigenvalue weighted by molar-refractivity contribution is 6.10. The minimum atomic E-state index is 0.643. The molecule has 168 valence electrons. The molecule has 3 heteroatoms. The van der Waals surface area contributed by atoms with Crippen LogP contribution in [-0.2, 0) is 12.8 Å². The average molecular weight is 446 g/mol. The number of fused-ring (bicyclic) bond motifs is 4. The Bertz CT molecular complexity index is 1590. The van der Waals surface area contributed by atoms with Crippen LogP contribution in [0.2, 0.25) is 0 Å². The number of oxazole rings is 1. The Kier molecular flexibility index (Phi) is 5.18. The van der Waals surface area contributed by atoms with Crippen molar-refractivity contribution in [3.05, 3.63) is 90.0 Å². The summed E-state index contributed by atoms with van der Waals surface area (Å²) in [7, 11) is 0. The van der Waals surface area contributed by atoms with Gasteiger partial charge in [-0.05, 0) is 78.1 Å². The van der Waals surface area contributed by atoms with Crippen molar-refractivity contribution in [3.8, 4) is 22.6 Å². The topological polar surface area (TPSA) is 39.2 Å². The molecule has 0 aliphatic heterocycles. The lowest BCUT2D eigenvalue weighted by molar-refractivity contribution is 0.620. The van der Waals surface area contributed by atoms with Crippen LogP contribution in [0.15, 0.2) is 87.7 Å². The predicted octanol–water partition coefficient (Wildman–Crippen LogP) is 8.97. The number of nitrogens with zero attached hydrogens (tertiary/aromatic N) is 1. The Morgan fingerprint density at radius 1 is 0.647 bits per heavy atom. The van der Waals surface area contributed by atoms with Crippen molar-refractivity contribution in [2.24, 2.45) is 0 Å². The van der Waals surface area contributed by atoms with Crippen LogP contribution >= 0.6 is 0 Å². The Hall–Kier alpha value is -3.85. The Morgan fingerprint density at radius 3 is 2.18 bits per heavy atom. The maximum Gasteiger partial charge on any atom is 0.227 e. The van der Waals surface area contributed by atoms with Crippen molar-refractivity contribution < 1.29 is 8.83 Å². The number of rotatable bonds is 6. The summed E-state index contributed by atoms with van der Waals surface area (Å²) in [5, 5.41) is 2.42. The van der Waals surface area contributed by atoms with Crippen molar-refractivity contribution in [2.45, 2.75) is 39.5 Å². The highest BCUT2D eigenvalue weighted by atomic mass is 16.3. The van der Waals surface area contributed by atoms with E-state index in [4.69, 9.17) is 8.83 Å². The zero-order chi connectivity index (χ0) is 23.1. The molecule has 0 aliphatic rings. The Labute approximate surface area is 199 Å². The van der Waals surface area contributed by atoms with Crippen LogP contribution in [0.1, 0.15) is 37.8 Å². The van der Waals surface area contributed by atoms with Gasteiger partial charge in [-0.25, -0.2) is 4.98 Å². The van der Waals surface area contributed by atoms with E-state index in [9.17, 15) is 0 Å². The summed E-state index contributed by atoms with van der Waals surface area (Å²) in [4.78, 5) is 4.64. The van der Waals surface area contributed by atoms with Gasteiger partial charge < -0.3 is 8.83 Å². The molecule has 0 saturated carbocycles. The minimum absolute atomic E-state index is 0.643. The van der Waals surface area contributed by atoms with Gasteiger partial charge in [0.1, 0.15) is 16.7 Å². The van der Waals surface area contributed by atoms with Crippen molar-refractivity contribution in [1.29, 1.82) is 0 Å². The average Bonchev–Trinajstić information content (AvgIpc) is 3.46. The third-order valence-corrected chi connectivity index (χ3v) is 6.51. The van der Waals surface area contributed by atoms with Crippen LogP contribution in [-0.4, -0.2) is 4.98 Å². The molecule has 2 heterocycles. The van der Waals surface area contributed by atoms with Gasteiger partial charge in [-0.1, -0.05) is 57.0 Å². The molecule has 0 aliphatic carbocycles. The van der Waals surface area contributed by atoms with Crippen LogP contribution < -0.4 is 0 Å². The van der Waals surface area contributed by atoms with E-state index in [1.165, 1.54) is 21.9 Å². The molecule has 4 aromatic carbocycles. The fraction of sp³-hybridized carbons (Fsp3) is 0.194. The first-order chi connectivity index (χ1) is 16.7. The maximum atomic E-state index is 6.43. The summed E-state index contributed by atoms with van der Waals surface area (Å²) in [5.41, 5.74) is 9.54. The van der Waals surface area contributed by atoms with E-state index >= 15 is 0 Å². The van der Waals surface area contributed by atoms with Gasteiger partial charge >= 0.3 is 0 Å². The van der Waals surface area contributed by atoms with Crippen LogP contribution in [0, 0.1) is 0 Å². The fourth-order valence-electron chi connectivity index (χ4n) is 4.86. The summed E-state index contributed by atoms with van der Waals surface area (Å²) in [6.45, 7) is 4.45. The summed E-state index contributed by atoms with van der Waals surface area (Å²) in [6, 6.07) is 27.5. The third-order valence-electron chi connectivity index (χ3n) is 6.51. The van der Waals surface area contributed by atoms with Crippen LogP contribution in [0.5, 0.6) is 0 Å². The first-order valence-corrected chi connectivity index (χ1v) is 12.2. The first kappa shape index (κ1) is 20.7. The molecule has 2 aromatic heterocycles. The maximum absolute atomic E-state index is 6.43. The molecule has 34 heavy (non-hydrogen) atoms. The standard InChI is InChI=1S/C31H27NO2/c1-3-7-20-11-16-28-25(17-20)26-19-21(8-4-2)18-24(30(26)33-28)22-12-14-23(15-13-22)31-32-27-9-5-6-10-29(27)34-31/h5-6,9-19H,3-4,7-8H2,1-2H3. The molecule has 0 saturated heterocycles. The molecule has 6 aromatic rings. The van der Waals surface area contributed by atoms with Crippen molar-refractivity contribution in [1.82, 2.24) is 4.98 Å². The van der Waals surface area contributed by atoms with Crippen molar-refractivity contribution in [2.75, 3.05) is 0 Å². The summed E-state index contributed by atoms with van der Waals surface area (Å²) in [6.07, 6.45) is 4.38. The third kappa shape index (κ3) is 3.58. The molecule has 0 unspecified atom stereocenters. The predicted molar refractivity (Wildman–Crippen MR) is 140 cm³/mol. The molecule has 0 fully saturated rings. The molecule has 0 radical (unpaired) electrons. The normalized spacial score (nSPS) is 11.7. The summed E-state index contributed by atoms with van der Waals surface area (Å²) >= 11 is 0. The van der Waals surface area contributed by atoms with Gasteiger partial charge in [0.2, 0.25) is 5.89 Å². The molecule has 0 atom stereocenters. The quantitative estimate of drug-likeness (QED) is 0.257. The smallest absolute Gasteiger partial charge is 0.227 e. The SMILES string of the molecule is CCCc1ccc2oc3c(-c4ccc(-c5nc6ccccc6o5)cc4)cc(CCC)cc3c2c1. The lowest BCUT2D eigenvalue weighted by Gasteiger charge is -2.08. The second-order valence-electron chi connectivity index (χ2n) is 9.02. The zero-order valence-corrected chi connectivity index (χ0v) is 19.6. The lowest BCUT2D eigenvalue weighted by Crippen LogP contribution is -1.87. The zero-order valence-electron chi connectivity index (χ0n) is 19.6. The van der Waals surface area contributed by atoms with Gasteiger partial charge in [-0.3, -0.25) is 0 Å². The molecule has 0 spiro atoms. The molecule has 0 amide bonds. The van der Waals surface area contributed by atoms with Gasteiger partial charge in [-0.15, -0.1) is 0 Å². The van der Waals surface area contributed by atoms with Crippen LogP contribution in [0.4, 0.5) is 0 Å². The second kappa shape index (κ2) is 8.49.